The van der Waals surface area contributed by atoms with Gasteiger partial charge in [0.25, 0.3) is 0 Å². The first-order chi connectivity index (χ1) is 6.66. The molecule has 14 heavy (non-hydrogen) atoms. The number of rotatable bonds is 8. The van der Waals surface area contributed by atoms with Crippen molar-refractivity contribution in [1.82, 2.24) is 0 Å². The zero-order chi connectivity index (χ0) is 10.8. The molecule has 0 N–H and O–H groups in total. The van der Waals surface area contributed by atoms with E-state index in [9.17, 15) is 4.79 Å². The van der Waals surface area contributed by atoms with Crippen molar-refractivity contribution in [3.05, 3.63) is 6.92 Å². The van der Waals surface area contributed by atoms with Crippen LogP contribution in [0, 0.1) is 6.92 Å². The second-order valence-corrected chi connectivity index (χ2v) is 3.86. The first-order valence-electron chi connectivity index (χ1n) is 5.69. The molecule has 0 fully saturated rings. The minimum Gasteiger partial charge on any atom is -0.463 e. The Bertz CT molecular complexity index is 143. The van der Waals surface area contributed by atoms with Crippen LogP contribution in [0.2, 0.25) is 0 Å². The molecule has 0 saturated heterocycles. The van der Waals surface area contributed by atoms with Crippen molar-refractivity contribution < 1.29 is 9.53 Å². The molecule has 1 unspecified atom stereocenters. The second kappa shape index (κ2) is 9.04. The minimum atomic E-state index is -0.413. The average molecular weight is 199 g/mol. The van der Waals surface area contributed by atoms with Crippen molar-refractivity contribution in [3.8, 4) is 0 Å². The van der Waals surface area contributed by atoms with E-state index in [0.717, 1.165) is 12.8 Å². The Hall–Kier alpha value is -0.530. The molecule has 1 radical (unpaired) electrons. The predicted molar refractivity (Wildman–Crippen MR) is 58.9 cm³/mol. The van der Waals surface area contributed by atoms with E-state index in [2.05, 4.69) is 13.8 Å². The molecule has 0 aromatic heterocycles. The predicted octanol–water partition coefficient (Wildman–Crippen LogP) is 3.50. The third-order valence-electron chi connectivity index (χ3n) is 2.30. The number of esters is 1. The lowest BCUT2D eigenvalue weighted by Gasteiger charge is -2.10. The summed E-state index contributed by atoms with van der Waals surface area (Å²) in [5, 5.41) is 0. The largest absolute Gasteiger partial charge is 0.463 e. The van der Waals surface area contributed by atoms with E-state index >= 15 is 0 Å². The molecule has 1 atom stereocenters. The molecule has 0 aromatic carbocycles. The van der Waals surface area contributed by atoms with Crippen LogP contribution in [0.25, 0.3) is 0 Å². The molecule has 83 valence electrons. The highest BCUT2D eigenvalue weighted by Crippen LogP contribution is 2.09. The zero-order valence-electron chi connectivity index (χ0n) is 9.55. The van der Waals surface area contributed by atoms with E-state index in [1.807, 2.05) is 6.92 Å². The molecule has 0 aromatic rings. The maximum atomic E-state index is 10.5. The topological polar surface area (TPSA) is 26.3 Å². The highest BCUT2D eigenvalue weighted by Gasteiger charge is 2.04. The molecular weight excluding hydrogens is 176 g/mol. The summed E-state index contributed by atoms with van der Waals surface area (Å²) in [6.07, 6.45) is 8.66. The lowest BCUT2D eigenvalue weighted by atomic mass is 10.1. The molecule has 0 amide bonds. The van der Waals surface area contributed by atoms with Crippen molar-refractivity contribution in [2.45, 2.75) is 64.9 Å². The number of unbranched alkanes of at least 4 members (excludes halogenated alkanes) is 5. The lowest BCUT2D eigenvalue weighted by molar-refractivity contribution is -0.142. The summed E-state index contributed by atoms with van der Waals surface area (Å²) in [5.41, 5.74) is 0. The van der Waals surface area contributed by atoms with Gasteiger partial charge in [-0.25, -0.2) is 0 Å². The molecule has 0 heterocycles. The van der Waals surface area contributed by atoms with Crippen LogP contribution < -0.4 is 0 Å². The Balaban J connectivity index is 3.14. The number of hydrogen-bond acceptors (Lipinski definition) is 2. The number of ether oxygens (including phenoxy) is 1. The van der Waals surface area contributed by atoms with Crippen LogP contribution in [0.5, 0.6) is 0 Å². The summed E-state index contributed by atoms with van der Waals surface area (Å²) < 4.78 is 4.93. The maximum Gasteiger partial charge on any atom is 0.306 e. The summed E-state index contributed by atoms with van der Waals surface area (Å²) in [6, 6.07) is 0. The Morgan fingerprint density at radius 1 is 1.21 bits per heavy atom. The molecule has 0 aliphatic carbocycles. The third kappa shape index (κ3) is 9.56. The Labute approximate surface area is 88.0 Å². The van der Waals surface area contributed by atoms with Crippen molar-refractivity contribution in [2.24, 2.45) is 0 Å². The molecule has 2 nitrogen and oxygen atoms in total. The van der Waals surface area contributed by atoms with Gasteiger partial charge in [0.1, 0.15) is 0 Å². The van der Waals surface area contributed by atoms with Gasteiger partial charge >= 0.3 is 5.97 Å². The van der Waals surface area contributed by atoms with Crippen LogP contribution in [0.3, 0.4) is 0 Å². The molecule has 0 aliphatic rings. The fourth-order valence-electron chi connectivity index (χ4n) is 1.50. The minimum absolute atomic E-state index is 0.0335. The van der Waals surface area contributed by atoms with Gasteiger partial charge < -0.3 is 4.74 Å². The van der Waals surface area contributed by atoms with Gasteiger partial charge in [-0.3, -0.25) is 4.79 Å². The van der Waals surface area contributed by atoms with Crippen molar-refractivity contribution >= 4 is 5.97 Å². The van der Waals surface area contributed by atoms with Crippen LogP contribution >= 0.6 is 0 Å². The number of carbonyl (C=O) groups excluding carboxylic acids is 1. The summed E-state index contributed by atoms with van der Waals surface area (Å²) in [7, 11) is 0. The zero-order valence-corrected chi connectivity index (χ0v) is 9.55. The lowest BCUT2D eigenvalue weighted by Crippen LogP contribution is -2.11. The van der Waals surface area contributed by atoms with Crippen LogP contribution in [-0.4, -0.2) is 12.1 Å². The van der Waals surface area contributed by atoms with E-state index in [0.29, 0.717) is 0 Å². The van der Waals surface area contributed by atoms with Gasteiger partial charge in [-0.05, 0) is 19.8 Å². The normalized spacial score (nSPS) is 12.5. The first-order valence-corrected chi connectivity index (χ1v) is 5.69. The molecule has 0 aliphatic heterocycles. The monoisotopic (exact) mass is 199 g/mol. The smallest absolute Gasteiger partial charge is 0.306 e. The quantitative estimate of drug-likeness (QED) is 0.442. The Kier molecular flexibility index (Phi) is 8.70. The van der Waals surface area contributed by atoms with Crippen molar-refractivity contribution in [1.29, 1.82) is 0 Å². The van der Waals surface area contributed by atoms with E-state index in [1.165, 1.54) is 32.1 Å². The maximum absolute atomic E-state index is 10.5. The highest BCUT2D eigenvalue weighted by atomic mass is 16.5. The number of hydrogen-bond donors (Lipinski definition) is 0. The standard InChI is InChI=1S/C12H23O2/c1-4-5-6-7-8-9-10-11(2)14-12(3)13/h11H,3-10H2,1-2H3. The third-order valence-corrected chi connectivity index (χ3v) is 2.30. The Morgan fingerprint density at radius 3 is 2.36 bits per heavy atom. The van der Waals surface area contributed by atoms with Gasteiger partial charge in [-0.2, -0.15) is 0 Å². The fourth-order valence-corrected chi connectivity index (χ4v) is 1.50. The van der Waals surface area contributed by atoms with E-state index in [1.54, 1.807) is 0 Å². The van der Waals surface area contributed by atoms with Gasteiger partial charge in [0, 0.05) is 0 Å². The van der Waals surface area contributed by atoms with Crippen molar-refractivity contribution in [3.63, 3.8) is 0 Å². The van der Waals surface area contributed by atoms with Crippen molar-refractivity contribution in [2.75, 3.05) is 0 Å². The summed E-state index contributed by atoms with van der Waals surface area (Å²) in [5.74, 6) is -0.413. The van der Waals surface area contributed by atoms with Crippen LogP contribution in [0.15, 0.2) is 0 Å². The Morgan fingerprint density at radius 2 is 1.79 bits per heavy atom. The van der Waals surface area contributed by atoms with Crippen LogP contribution in [-0.2, 0) is 9.53 Å². The van der Waals surface area contributed by atoms with Gasteiger partial charge in [-0.15, -0.1) is 0 Å². The molecule has 2 heteroatoms. The molecule has 0 rings (SSSR count). The molecular formula is C12H23O2. The van der Waals surface area contributed by atoms with Crippen LogP contribution in [0.1, 0.15) is 58.8 Å². The van der Waals surface area contributed by atoms with Crippen LogP contribution in [0.4, 0.5) is 0 Å². The highest BCUT2D eigenvalue weighted by molar-refractivity contribution is 5.73. The summed E-state index contributed by atoms with van der Waals surface area (Å²) in [6.45, 7) is 7.33. The van der Waals surface area contributed by atoms with Gasteiger partial charge in [0.15, 0.2) is 0 Å². The summed E-state index contributed by atoms with van der Waals surface area (Å²) >= 11 is 0. The summed E-state index contributed by atoms with van der Waals surface area (Å²) in [4.78, 5) is 10.5. The van der Waals surface area contributed by atoms with E-state index < -0.39 is 5.97 Å². The fraction of sp³-hybridized carbons (Fsp3) is 0.833. The number of carbonyl (C=O) groups is 1. The van der Waals surface area contributed by atoms with Gasteiger partial charge in [-0.1, -0.05) is 39.0 Å². The molecule has 0 saturated carbocycles. The molecule has 0 bridgehead atoms. The SMILES string of the molecule is [CH2]C(=O)OC(C)CCCCCCCC. The van der Waals surface area contributed by atoms with Gasteiger partial charge in [0.05, 0.1) is 13.0 Å². The first kappa shape index (κ1) is 13.5. The molecule has 0 spiro atoms. The van der Waals surface area contributed by atoms with E-state index in [4.69, 9.17) is 4.74 Å². The second-order valence-electron chi connectivity index (χ2n) is 3.86. The van der Waals surface area contributed by atoms with E-state index in [-0.39, 0.29) is 6.10 Å². The average Bonchev–Trinajstić information content (AvgIpc) is 2.10. The van der Waals surface area contributed by atoms with Gasteiger partial charge in [0.2, 0.25) is 0 Å².